The van der Waals surface area contributed by atoms with E-state index in [1.807, 2.05) is 32.9 Å². The lowest BCUT2D eigenvalue weighted by Gasteiger charge is -2.15. The van der Waals surface area contributed by atoms with Crippen molar-refractivity contribution in [3.63, 3.8) is 0 Å². The van der Waals surface area contributed by atoms with E-state index in [0.29, 0.717) is 0 Å². The molecule has 2 atom stereocenters. The van der Waals surface area contributed by atoms with E-state index in [9.17, 15) is 17.4 Å². The van der Waals surface area contributed by atoms with Crippen molar-refractivity contribution in [2.75, 3.05) is 12.8 Å². The van der Waals surface area contributed by atoms with Crippen LogP contribution in [0.3, 0.4) is 0 Å². The third-order valence-corrected chi connectivity index (χ3v) is 6.92. The van der Waals surface area contributed by atoms with Crippen molar-refractivity contribution in [3.05, 3.63) is 59.2 Å². The third kappa shape index (κ3) is 5.98. The minimum Gasteiger partial charge on any atom is -0.350 e. The molecule has 1 amide bonds. The van der Waals surface area contributed by atoms with E-state index in [1.54, 1.807) is 36.6 Å². The summed E-state index contributed by atoms with van der Waals surface area (Å²) in [5.74, 6) is -0.251. The molecule has 6 nitrogen and oxygen atoms in total. The van der Waals surface area contributed by atoms with Crippen LogP contribution in [0, 0.1) is 13.8 Å². The normalized spacial score (nSPS) is 13.7. The number of aryl methyl sites for hydroxylation is 2. The van der Waals surface area contributed by atoms with Gasteiger partial charge >= 0.3 is 0 Å². The first-order valence-electron chi connectivity index (χ1n) is 8.90. The van der Waals surface area contributed by atoms with Crippen LogP contribution in [0.15, 0.2) is 52.3 Å². The fraction of sp³-hybridized carbons (Fsp3) is 0.350. The number of sulfonamides is 1. The molecule has 152 valence electrons. The smallest absolute Gasteiger partial charge is 0.240 e. The van der Waals surface area contributed by atoms with Gasteiger partial charge in [0.15, 0.2) is 0 Å². The van der Waals surface area contributed by atoms with Crippen LogP contribution >= 0.6 is 0 Å². The lowest BCUT2D eigenvalue weighted by atomic mass is 10.1. The quantitative estimate of drug-likeness (QED) is 0.684. The standard InChI is InChI=1S/C20H26N2O4S2/c1-14-5-10-19(13-15(14)2)28(25,26)21-12-11-20(23)22-16(3)17-6-8-18(9-7-17)27(4)24/h5-10,13,16,21H,11-12H2,1-4H3,(H,22,23)/t16-,27-/m0/s1. The highest BCUT2D eigenvalue weighted by Crippen LogP contribution is 2.16. The Balaban J connectivity index is 1.87. The molecule has 2 aromatic rings. The molecule has 2 aromatic carbocycles. The van der Waals surface area contributed by atoms with Crippen molar-refractivity contribution in [2.45, 2.75) is 43.0 Å². The minimum absolute atomic E-state index is 0.0154. The van der Waals surface area contributed by atoms with Crippen LogP contribution in [0.1, 0.15) is 36.1 Å². The first-order chi connectivity index (χ1) is 13.1. The molecule has 0 fully saturated rings. The Morgan fingerprint density at radius 1 is 1.07 bits per heavy atom. The topological polar surface area (TPSA) is 92.3 Å². The van der Waals surface area contributed by atoms with E-state index >= 15 is 0 Å². The van der Waals surface area contributed by atoms with Gasteiger partial charge in [-0.15, -0.1) is 0 Å². The van der Waals surface area contributed by atoms with E-state index < -0.39 is 20.8 Å². The Labute approximate surface area is 169 Å². The third-order valence-electron chi connectivity index (χ3n) is 4.52. The number of rotatable bonds is 8. The molecule has 28 heavy (non-hydrogen) atoms. The van der Waals surface area contributed by atoms with Crippen molar-refractivity contribution in [2.24, 2.45) is 0 Å². The van der Waals surface area contributed by atoms with E-state index in [-0.39, 0.29) is 29.8 Å². The number of hydrogen-bond donors (Lipinski definition) is 2. The number of carbonyl (C=O) groups is 1. The zero-order valence-electron chi connectivity index (χ0n) is 16.5. The fourth-order valence-corrected chi connectivity index (χ4v) is 4.24. The molecule has 0 saturated heterocycles. The molecule has 0 bridgehead atoms. The van der Waals surface area contributed by atoms with Gasteiger partial charge in [-0.25, -0.2) is 13.1 Å². The van der Waals surface area contributed by atoms with Gasteiger partial charge in [0.05, 0.1) is 10.9 Å². The zero-order chi connectivity index (χ0) is 20.9. The maximum absolute atomic E-state index is 12.3. The van der Waals surface area contributed by atoms with Crippen molar-refractivity contribution >= 4 is 26.7 Å². The monoisotopic (exact) mass is 422 g/mol. The summed E-state index contributed by atoms with van der Waals surface area (Å²) >= 11 is 0. The van der Waals surface area contributed by atoms with Gasteiger partial charge in [0.1, 0.15) is 0 Å². The summed E-state index contributed by atoms with van der Waals surface area (Å²) in [6.45, 7) is 5.63. The second kappa shape index (κ2) is 9.45. The maximum atomic E-state index is 12.3. The van der Waals surface area contributed by atoms with Crippen LogP contribution in [0.2, 0.25) is 0 Å². The molecule has 0 aliphatic rings. The van der Waals surface area contributed by atoms with Crippen molar-refractivity contribution in [3.8, 4) is 0 Å². The lowest BCUT2D eigenvalue weighted by molar-refractivity contribution is -0.121. The molecule has 0 spiro atoms. The lowest BCUT2D eigenvalue weighted by Crippen LogP contribution is -2.32. The Morgan fingerprint density at radius 3 is 2.29 bits per heavy atom. The van der Waals surface area contributed by atoms with Gasteiger partial charge < -0.3 is 5.32 Å². The SMILES string of the molecule is Cc1ccc(S(=O)(=O)NCCC(=O)N[C@@H](C)c2ccc([S@](C)=O)cc2)cc1C. The summed E-state index contributed by atoms with van der Waals surface area (Å²) in [5.41, 5.74) is 2.80. The van der Waals surface area contributed by atoms with E-state index in [4.69, 9.17) is 0 Å². The van der Waals surface area contributed by atoms with E-state index in [0.717, 1.165) is 21.6 Å². The van der Waals surface area contributed by atoms with Gasteiger partial charge in [0, 0.05) is 34.9 Å². The molecular formula is C20H26N2O4S2. The van der Waals surface area contributed by atoms with Gasteiger partial charge in [-0.1, -0.05) is 18.2 Å². The van der Waals surface area contributed by atoms with Gasteiger partial charge in [-0.3, -0.25) is 9.00 Å². The largest absolute Gasteiger partial charge is 0.350 e. The molecule has 0 aliphatic heterocycles. The average Bonchev–Trinajstić information content (AvgIpc) is 2.63. The van der Waals surface area contributed by atoms with E-state index in [2.05, 4.69) is 10.0 Å². The number of hydrogen-bond acceptors (Lipinski definition) is 4. The molecule has 8 heteroatoms. The summed E-state index contributed by atoms with van der Waals surface area (Å²) < 4.78 is 38.6. The predicted octanol–water partition coefficient (Wildman–Crippen LogP) is 2.59. The second-order valence-electron chi connectivity index (χ2n) is 6.71. The van der Waals surface area contributed by atoms with Crippen molar-refractivity contribution < 1.29 is 17.4 Å². The molecule has 2 rings (SSSR count). The summed E-state index contributed by atoms with van der Waals surface area (Å²) in [6, 6.07) is 11.9. The fourth-order valence-electron chi connectivity index (χ4n) is 2.61. The van der Waals surface area contributed by atoms with Crippen LogP contribution in [-0.4, -0.2) is 31.3 Å². The Bertz CT molecular complexity index is 970. The molecule has 0 aliphatic carbocycles. The van der Waals surface area contributed by atoms with Crippen LogP contribution in [0.4, 0.5) is 0 Å². The summed E-state index contributed by atoms with van der Waals surface area (Å²) in [5, 5.41) is 2.84. The van der Waals surface area contributed by atoms with Crippen molar-refractivity contribution in [1.82, 2.24) is 10.0 Å². The van der Waals surface area contributed by atoms with Crippen LogP contribution in [0.5, 0.6) is 0 Å². The Hall–Kier alpha value is -2.03. The highest BCUT2D eigenvalue weighted by atomic mass is 32.2. The van der Waals surface area contributed by atoms with Gasteiger partial charge in [0.2, 0.25) is 15.9 Å². The molecule has 0 saturated carbocycles. The minimum atomic E-state index is -3.65. The summed E-state index contributed by atoms with van der Waals surface area (Å²) in [6.07, 6.45) is 1.64. The Morgan fingerprint density at radius 2 is 1.71 bits per heavy atom. The second-order valence-corrected chi connectivity index (χ2v) is 9.85. The molecule has 0 unspecified atom stereocenters. The molecule has 0 heterocycles. The number of nitrogens with one attached hydrogen (secondary N) is 2. The zero-order valence-corrected chi connectivity index (χ0v) is 18.1. The van der Waals surface area contributed by atoms with Gasteiger partial charge in [0.25, 0.3) is 0 Å². The first-order valence-corrected chi connectivity index (χ1v) is 11.9. The maximum Gasteiger partial charge on any atom is 0.240 e. The molecule has 2 N–H and O–H groups in total. The van der Waals surface area contributed by atoms with Gasteiger partial charge in [-0.2, -0.15) is 0 Å². The number of amides is 1. The Kier molecular flexibility index (Phi) is 7.51. The van der Waals surface area contributed by atoms with Crippen LogP contribution in [-0.2, 0) is 25.6 Å². The molecular weight excluding hydrogens is 396 g/mol. The average molecular weight is 423 g/mol. The highest BCUT2D eigenvalue weighted by Gasteiger charge is 2.16. The number of benzene rings is 2. The molecule has 0 aromatic heterocycles. The first kappa shape index (κ1) is 22.3. The summed E-state index contributed by atoms with van der Waals surface area (Å²) in [7, 11) is -4.69. The highest BCUT2D eigenvalue weighted by molar-refractivity contribution is 7.89. The van der Waals surface area contributed by atoms with Crippen LogP contribution < -0.4 is 10.0 Å². The van der Waals surface area contributed by atoms with Crippen molar-refractivity contribution in [1.29, 1.82) is 0 Å². The molecule has 0 radical (unpaired) electrons. The van der Waals surface area contributed by atoms with Gasteiger partial charge in [-0.05, 0) is 61.7 Å². The summed E-state index contributed by atoms with van der Waals surface area (Å²) in [4.78, 5) is 13.0. The predicted molar refractivity (Wildman–Crippen MR) is 111 cm³/mol. The van der Waals surface area contributed by atoms with E-state index in [1.165, 1.54) is 0 Å². The number of carbonyl (C=O) groups excluding carboxylic acids is 1. The van der Waals surface area contributed by atoms with Crippen LogP contribution in [0.25, 0.3) is 0 Å².